The van der Waals surface area contributed by atoms with E-state index in [1.807, 2.05) is 19.1 Å². The smallest absolute Gasteiger partial charge is 0.293 e. The summed E-state index contributed by atoms with van der Waals surface area (Å²) < 4.78 is 3.95. The van der Waals surface area contributed by atoms with Gasteiger partial charge in [-0.1, -0.05) is 33.1 Å². The number of amides is 1. The molecule has 1 aromatic carbocycles. The van der Waals surface area contributed by atoms with E-state index in [1.165, 1.54) is 21.9 Å². The molecule has 0 radical (unpaired) electrons. The number of nitrogens with one attached hydrogen (secondary N) is 2. The summed E-state index contributed by atoms with van der Waals surface area (Å²) in [5.74, 6) is 0.698. The van der Waals surface area contributed by atoms with E-state index in [0.717, 1.165) is 54.3 Å². The summed E-state index contributed by atoms with van der Waals surface area (Å²) in [6.45, 7) is 16.3. The topological polar surface area (TPSA) is 97.1 Å². The number of aromatic nitrogens is 4. The van der Waals surface area contributed by atoms with Gasteiger partial charge in [-0.2, -0.15) is 0 Å². The van der Waals surface area contributed by atoms with E-state index in [0.29, 0.717) is 22.5 Å². The molecule has 6 rings (SSSR count). The first-order valence-electron chi connectivity index (χ1n) is 14.1. The number of fused-ring (bicyclic) bond motifs is 3. The van der Waals surface area contributed by atoms with Crippen molar-refractivity contribution in [2.24, 2.45) is 12.5 Å². The Bertz CT molecular complexity index is 1830. The van der Waals surface area contributed by atoms with Gasteiger partial charge >= 0.3 is 0 Å². The highest BCUT2D eigenvalue weighted by molar-refractivity contribution is 5.99. The van der Waals surface area contributed by atoms with Gasteiger partial charge in [-0.3, -0.25) is 9.59 Å². The molecule has 1 aliphatic carbocycles. The third-order valence-electron chi connectivity index (χ3n) is 8.14. The summed E-state index contributed by atoms with van der Waals surface area (Å²) in [4.78, 5) is 36.5. The molecule has 4 aromatic rings. The Morgan fingerprint density at radius 2 is 1.90 bits per heavy atom. The molecule has 0 saturated carbocycles. The fourth-order valence-electron chi connectivity index (χ4n) is 6.14. The van der Waals surface area contributed by atoms with Crippen molar-refractivity contribution in [3.63, 3.8) is 0 Å². The number of hydrogen-bond acceptors (Lipinski definition) is 6. The Morgan fingerprint density at radius 1 is 1.12 bits per heavy atom. The van der Waals surface area contributed by atoms with Crippen LogP contribution >= 0.6 is 0 Å². The van der Waals surface area contributed by atoms with E-state index in [-0.39, 0.29) is 17.3 Å². The fourth-order valence-corrected chi connectivity index (χ4v) is 6.14. The van der Waals surface area contributed by atoms with Gasteiger partial charge in [0.05, 0.1) is 17.1 Å². The lowest BCUT2D eigenvalue weighted by Crippen LogP contribution is -2.34. The Balaban J connectivity index is 1.31. The fraction of sp³-hybridized carbons (Fsp3) is 0.273. The number of hydrogen-bond donors (Lipinski definition) is 2. The zero-order chi connectivity index (χ0) is 29.8. The van der Waals surface area contributed by atoms with Crippen molar-refractivity contribution < 1.29 is 4.79 Å². The van der Waals surface area contributed by atoms with Crippen LogP contribution in [0.25, 0.3) is 17.0 Å². The molecule has 214 valence electrons. The van der Waals surface area contributed by atoms with Crippen molar-refractivity contribution in [3.8, 4) is 11.3 Å². The van der Waals surface area contributed by atoms with Crippen molar-refractivity contribution >= 4 is 34.6 Å². The Labute approximate surface area is 245 Å². The van der Waals surface area contributed by atoms with Crippen LogP contribution in [0.4, 0.5) is 23.0 Å². The van der Waals surface area contributed by atoms with Gasteiger partial charge in [-0.05, 0) is 67.2 Å². The number of benzene rings is 1. The van der Waals surface area contributed by atoms with Gasteiger partial charge in [0.2, 0.25) is 5.91 Å². The van der Waals surface area contributed by atoms with E-state index in [4.69, 9.17) is 9.97 Å². The average Bonchev–Trinajstić information content (AvgIpc) is 3.44. The summed E-state index contributed by atoms with van der Waals surface area (Å²) in [6.07, 6.45) is 6.90. The summed E-state index contributed by atoms with van der Waals surface area (Å²) in [5.41, 5.74) is 8.68. The number of rotatable bonds is 6. The van der Waals surface area contributed by atoms with Gasteiger partial charge in [-0.25, -0.2) is 9.97 Å². The monoisotopic (exact) mass is 561 g/mol. The molecular weight excluding hydrogens is 526 g/mol. The number of carbonyl (C=O) groups excluding carboxylic acids is 1. The normalized spacial score (nSPS) is 15.2. The summed E-state index contributed by atoms with van der Waals surface area (Å²) in [7, 11) is 1.71. The predicted octanol–water partition coefficient (Wildman–Crippen LogP) is 5.44. The van der Waals surface area contributed by atoms with Crippen LogP contribution in [-0.4, -0.2) is 31.6 Å². The Hall–Kier alpha value is -4.92. The maximum absolute atomic E-state index is 13.0. The standard InChI is InChI=1S/C33H35N7O2/c1-7-29(41)35-23-9-8-10-24(16-23)36-30-32(42)38(6)19-26(37-30)25-11-12-34-31(20(25)2)39-13-14-40-27(21(39)3)15-22-17-33(4,5)18-28(22)40/h7-12,15-16,19H,1,3,13-14,17-18H2,2,4-6H3,(H,35,41)(H,36,37). The summed E-state index contributed by atoms with van der Waals surface area (Å²) >= 11 is 0. The van der Waals surface area contributed by atoms with E-state index < -0.39 is 0 Å². The van der Waals surface area contributed by atoms with Crippen molar-refractivity contribution in [2.75, 3.05) is 22.1 Å². The molecule has 1 amide bonds. The predicted molar refractivity (Wildman–Crippen MR) is 168 cm³/mol. The molecule has 0 atom stereocenters. The summed E-state index contributed by atoms with van der Waals surface area (Å²) in [6, 6.07) is 11.3. The van der Waals surface area contributed by atoms with Gasteiger partial charge in [0.1, 0.15) is 5.82 Å². The highest BCUT2D eigenvalue weighted by Gasteiger charge is 2.35. The maximum atomic E-state index is 13.0. The molecular formula is C33H35N7O2. The van der Waals surface area contributed by atoms with Crippen LogP contribution in [0.2, 0.25) is 0 Å². The molecule has 2 aliphatic rings. The minimum atomic E-state index is -0.315. The molecule has 9 nitrogen and oxygen atoms in total. The first-order valence-corrected chi connectivity index (χ1v) is 14.1. The van der Waals surface area contributed by atoms with Gasteiger partial charge in [0, 0.05) is 60.7 Å². The maximum Gasteiger partial charge on any atom is 0.293 e. The highest BCUT2D eigenvalue weighted by atomic mass is 16.1. The second kappa shape index (κ2) is 10.2. The van der Waals surface area contributed by atoms with Crippen LogP contribution in [0, 0.1) is 12.3 Å². The molecule has 0 spiro atoms. The Kier molecular flexibility index (Phi) is 6.60. The molecule has 0 unspecified atom stereocenters. The van der Waals surface area contributed by atoms with Crippen molar-refractivity contribution in [1.82, 2.24) is 19.1 Å². The number of pyridine rings is 1. The van der Waals surface area contributed by atoms with Crippen LogP contribution in [0.1, 0.15) is 36.4 Å². The zero-order valence-electron chi connectivity index (χ0n) is 24.5. The van der Waals surface area contributed by atoms with Gasteiger partial charge in [0.15, 0.2) is 5.82 Å². The van der Waals surface area contributed by atoms with Gasteiger partial charge in [0.25, 0.3) is 5.56 Å². The molecule has 4 heterocycles. The molecule has 3 aromatic heterocycles. The summed E-state index contributed by atoms with van der Waals surface area (Å²) in [5, 5.41) is 5.86. The largest absolute Gasteiger partial charge is 0.341 e. The minimum absolute atomic E-state index is 0.178. The highest BCUT2D eigenvalue weighted by Crippen LogP contribution is 2.42. The van der Waals surface area contributed by atoms with Crippen molar-refractivity contribution in [1.29, 1.82) is 0 Å². The van der Waals surface area contributed by atoms with Crippen LogP contribution in [-0.2, 0) is 31.2 Å². The molecule has 42 heavy (non-hydrogen) atoms. The Morgan fingerprint density at radius 3 is 2.69 bits per heavy atom. The minimum Gasteiger partial charge on any atom is -0.341 e. The first-order chi connectivity index (χ1) is 20.0. The molecule has 0 fully saturated rings. The number of aryl methyl sites for hydroxylation is 1. The average molecular weight is 562 g/mol. The second-order valence-corrected chi connectivity index (χ2v) is 11.9. The quantitative estimate of drug-likeness (QED) is 0.305. The lowest BCUT2D eigenvalue weighted by Gasteiger charge is -2.34. The van der Waals surface area contributed by atoms with Crippen LogP contribution < -0.4 is 21.1 Å². The van der Waals surface area contributed by atoms with Crippen LogP contribution in [0.3, 0.4) is 0 Å². The second-order valence-electron chi connectivity index (χ2n) is 11.9. The van der Waals surface area contributed by atoms with E-state index in [1.54, 1.807) is 37.6 Å². The lowest BCUT2D eigenvalue weighted by molar-refractivity contribution is -0.111. The molecule has 0 saturated heterocycles. The zero-order valence-corrected chi connectivity index (χ0v) is 24.5. The first kappa shape index (κ1) is 27.3. The van der Waals surface area contributed by atoms with Gasteiger partial charge < -0.3 is 24.7 Å². The lowest BCUT2D eigenvalue weighted by atomic mass is 9.90. The van der Waals surface area contributed by atoms with Crippen LogP contribution in [0.5, 0.6) is 0 Å². The number of nitrogens with zero attached hydrogens (tertiary/aromatic N) is 5. The molecule has 9 heteroatoms. The van der Waals surface area contributed by atoms with Crippen LogP contribution in [0.15, 0.2) is 72.8 Å². The third-order valence-corrected chi connectivity index (χ3v) is 8.14. The number of carbonyl (C=O) groups is 1. The van der Waals surface area contributed by atoms with Gasteiger partial charge in [-0.15, -0.1) is 0 Å². The third kappa shape index (κ3) is 4.81. The van der Waals surface area contributed by atoms with E-state index in [9.17, 15) is 9.59 Å². The van der Waals surface area contributed by atoms with Crippen molar-refractivity contribution in [3.05, 3.63) is 101 Å². The van der Waals surface area contributed by atoms with E-state index >= 15 is 0 Å². The molecule has 1 aliphatic heterocycles. The number of anilines is 4. The SMILES string of the molecule is C=CC(=O)Nc1cccc(Nc2nc(-c3ccnc(N4CCn5c(cc6c5CC(C)(C)C6)C4=C)c3C)cn(C)c2=O)c1. The molecule has 2 N–H and O–H groups in total. The van der Waals surface area contributed by atoms with E-state index in [2.05, 4.69) is 53.2 Å². The van der Waals surface area contributed by atoms with Crippen molar-refractivity contribution in [2.45, 2.75) is 40.2 Å². The molecule has 0 bridgehead atoms.